The molecule has 1 aliphatic heterocycles. The van der Waals surface area contributed by atoms with Crippen molar-refractivity contribution in [3.8, 4) is 0 Å². The van der Waals surface area contributed by atoms with Crippen molar-refractivity contribution < 1.29 is 14.5 Å². The van der Waals surface area contributed by atoms with Crippen LogP contribution in [0.4, 0.5) is 17.2 Å². The topological polar surface area (TPSA) is 110 Å². The molecule has 146 valence electrons. The highest BCUT2D eigenvalue weighted by atomic mass is 32.1. The second-order valence-corrected chi connectivity index (χ2v) is 6.54. The van der Waals surface area contributed by atoms with Gasteiger partial charge in [0.25, 0.3) is 11.6 Å². The molecular formula is C18H19N5O4S. The first-order valence-corrected chi connectivity index (χ1v) is 9.02. The fraction of sp³-hybridized carbons (Fsp3) is 0.278. The van der Waals surface area contributed by atoms with Crippen molar-refractivity contribution in [2.75, 3.05) is 36.5 Å². The maximum atomic E-state index is 12.5. The zero-order valence-corrected chi connectivity index (χ0v) is 16.0. The number of amides is 1. The Kier molecular flexibility index (Phi) is 6.12. The summed E-state index contributed by atoms with van der Waals surface area (Å²) >= 11 is 5.13. The number of nitrogens with zero attached hydrogens (tertiary/aromatic N) is 3. The maximum Gasteiger partial charge on any atom is 0.293 e. The first-order valence-electron chi connectivity index (χ1n) is 8.61. The van der Waals surface area contributed by atoms with Gasteiger partial charge in [-0.05, 0) is 43.4 Å². The van der Waals surface area contributed by atoms with Gasteiger partial charge in [0.05, 0.1) is 18.1 Å². The molecule has 2 heterocycles. The number of aromatic nitrogens is 1. The maximum absolute atomic E-state index is 12.5. The van der Waals surface area contributed by atoms with Crippen LogP contribution in [0.3, 0.4) is 0 Å². The van der Waals surface area contributed by atoms with Crippen LogP contribution < -0.4 is 15.5 Å². The first kappa shape index (κ1) is 19.6. The van der Waals surface area contributed by atoms with Crippen molar-refractivity contribution in [1.29, 1.82) is 0 Å². The number of rotatable bonds is 4. The highest BCUT2D eigenvalue weighted by molar-refractivity contribution is 7.80. The second-order valence-electron chi connectivity index (χ2n) is 6.13. The molecule has 0 spiro atoms. The van der Waals surface area contributed by atoms with Crippen LogP contribution in [-0.4, -0.2) is 47.2 Å². The Morgan fingerprint density at radius 3 is 2.71 bits per heavy atom. The minimum Gasteiger partial charge on any atom is -0.378 e. The number of ether oxygens (including phenoxy) is 1. The van der Waals surface area contributed by atoms with Crippen molar-refractivity contribution in [2.24, 2.45) is 0 Å². The lowest BCUT2D eigenvalue weighted by Gasteiger charge is -2.28. The summed E-state index contributed by atoms with van der Waals surface area (Å²) in [7, 11) is 0. The molecule has 0 bridgehead atoms. The predicted molar refractivity (Wildman–Crippen MR) is 109 cm³/mol. The molecule has 1 saturated heterocycles. The Balaban J connectivity index is 1.73. The molecule has 1 aliphatic rings. The van der Waals surface area contributed by atoms with E-state index < -0.39 is 10.8 Å². The van der Waals surface area contributed by atoms with Crippen LogP contribution in [0, 0.1) is 17.0 Å². The number of morpholine rings is 1. The van der Waals surface area contributed by atoms with E-state index in [-0.39, 0.29) is 16.4 Å². The number of anilines is 2. The van der Waals surface area contributed by atoms with Gasteiger partial charge in [-0.25, -0.2) is 4.98 Å². The first-order chi connectivity index (χ1) is 13.4. The number of aryl methyl sites for hydroxylation is 1. The molecule has 28 heavy (non-hydrogen) atoms. The molecule has 0 unspecified atom stereocenters. The molecule has 1 amide bonds. The lowest BCUT2D eigenvalue weighted by atomic mass is 10.1. The van der Waals surface area contributed by atoms with Gasteiger partial charge in [-0.1, -0.05) is 6.07 Å². The minimum absolute atomic E-state index is 0.0583. The molecule has 0 radical (unpaired) electrons. The van der Waals surface area contributed by atoms with E-state index in [9.17, 15) is 14.9 Å². The van der Waals surface area contributed by atoms with Crippen LogP contribution in [0.1, 0.15) is 16.1 Å². The van der Waals surface area contributed by atoms with Crippen LogP contribution >= 0.6 is 12.2 Å². The fourth-order valence-electron chi connectivity index (χ4n) is 2.82. The third kappa shape index (κ3) is 4.78. The standard InChI is InChI=1S/C18H19N5O4S/c1-12-3-2-4-16(19-12)20-18(28)21-17(24)13-5-6-14(15(11-13)23(25)26)22-7-9-27-10-8-22/h2-6,11H,7-10H2,1H3,(H2,19,20,21,24,28). The molecule has 0 atom stereocenters. The molecule has 1 aromatic heterocycles. The van der Waals surface area contributed by atoms with E-state index in [1.54, 1.807) is 18.2 Å². The number of nitro benzene ring substituents is 1. The summed E-state index contributed by atoms with van der Waals surface area (Å²) in [6.45, 7) is 3.97. The van der Waals surface area contributed by atoms with Gasteiger partial charge in [-0.3, -0.25) is 20.2 Å². The zero-order chi connectivity index (χ0) is 20.1. The Bertz CT molecular complexity index is 915. The van der Waals surface area contributed by atoms with Gasteiger partial charge in [0, 0.05) is 30.4 Å². The molecule has 3 rings (SSSR count). The molecule has 1 aromatic carbocycles. The number of thiocarbonyl (C=S) groups is 1. The van der Waals surface area contributed by atoms with E-state index in [4.69, 9.17) is 17.0 Å². The van der Waals surface area contributed by atoms with E-state index in [0.29, 0.717) is 37.8 Å². The van der Waals surface area contributed by atoms with Gasteiger partial charge in [-0.2, -0.15) is 0 Å². The fourth-order valence-corrected chi connectivity index (χ4v) is 3.02. The van der Waals surface area contributed by atoms with Gasteiger partial charge in [0.2, 0.25) is 0 Å². The number of nitro groups is 1. The molecule has 0 saturated carbocycles. The smallest absolute Gasteiger partial charge is 0.293 e. The van der Waals surface area contributed by atoms with Gasteiger partial charge in [-0.15, -0.1) is 0 Å². The van der Waals surface area contributed by atoms with E-state index in [1.165, 1.54) is 6.07 Å². The van der Waals surface area contributed by atoms with Gasteiger partial charge < -0.3 is 15.0 Å². The summed E-state index contributed by atoms with van der Waals surface area (Å²) in [4.78, 5) is 29.6. The SMILES string of the molecule is Cc1cccc(NC(=S)NC(=O)c2ccc(N3CCOCC3)c([N+](=O)[O-])c2)n1. The van der Waals surface area contributed by atoms with Crippen molar-refractivity contribution in [2.45, 2.75) is 6.92 Å². The third-order valence-corrected chi connectivity index (χ3v) is 4.35. The summed E-state index contributed by atoms with van der Waals surface area (Å²) in [6, 6.07) is 9.74. The Morgan fingerprint density at radius 1 is 1.29 bits per heavy atom. The van der Waals surface area contributed by atoms with Crippen molar-refractivity contribution in [1.82, 2.24) is 10.3 Å². The average molecular weight is 401 g/mol. The molecule has 2 aromatic rings. The lowest BCUT2D eigenvalue weighted by molar-refractivity contribution is -0.384. The number of pyridine rings is 1. The van der Waals surface area contributed by atoms with Crippen molar-refractivity contribution in [3.63, 3.8) is 0 Å². The summed E-state index contributed by atoms with van der Waals surface area (Å²) in [5, 5.41) is 16.9. The van der Waals surface area contributed by atoms with Crippen LogP contribution in [0.2, 0.25) is 0 Å². The largest absolute Gasteiger partial charge is 0.378 e. The Hall–Kier alpha value is -3.11. The van der Waals surface area contributed by atoms with Crippen LogP contribution in [0.25, 0.3) is 0 Å². The summed E-state index contributed by atoms with van der Waals surface area (Å²) in [6.07, 6.45) is 0. The van der Waals surface area contributed by atoms with Crippen molar-refractivity contribution >= 4 is 40.4 Å². The average Bonchev–Trinajstić information content (AvgIpc) is 2.68. The highest BCUT2D eigenvalue weighted by Crippen LogP contribution is 2.29. The number of benzene rings is 1. The third-order valence-electron chi connectivity index (χ3n) is 4.14. The van der Waals surface area contributed by atoms with E-state index >= 15 is 0 Å². The molecule has 1 fully saturated rings. The number of hydrogen-bond donors (Lipinski definition) is 2. The van der Waals surface area contributed by atoms with Gasteiger partial charge >= 0.3 is 0 Å². The molecule has 10 heteroatoms. The van der Waals surface area contributed by atoms with E-state index in [1.807, 2.05) is 24.0 Å². The molecular weight excluding hydrogens is 382 g/mol. The molecule has 9 nitrogen and oxygen atoms in total. The van der Waals surface area contributed by atoms with E-state index in [0.717, 1.165) is 5.69 Å². The normalized spacial score (nSPS) is 13.7. The minimum atomic E-state index is -0.540. The molecule has 0 aliphatic carbocycles. The summed E-state index contributed by atoms with van der Waals surface area (Å²) < 4.78 is 5.28. The van der Waals surface area contributed by atoms with Crippen LogP contribution in [0.5, 0.6) is 0 Å². The van der Waals surface area contributed by atoms with Crippen LogP contribution in [0.15, 0.2) is 36.4 Å². The lowest BCUT2D eigenvalue weighted by Crippen LogP contribution is -2.37. The molecule has 2 N–H and O–H groups in total. The van der Waals surface area contributed by atoms with Gasteiger partial charge in [0.15, 0.2) is 5.11 Å². The Labute approximate surface area is 166 Å². The van der Waals surface area contributed by atoms with Crippen LogP contribution in [-0.2, 0) is 4.74 Å². The monoisotopic (exact) mass is 401 g/mol. The number of carbonyl (C=O) groups is 1. The number of nitrogens with one attached hydrogen (secondary N) is 2. The highest BCUT2D eigenvalue weighted by Gasteiger charge is 2.23. The Morgan fingerprint density at radius 2 is 2.04 bits per heavy atom. The number of hydrogen-bond acceptors (Lipinski definition) is 7. The quantitative estimate of drug-likeness (QED) is 0.456. The predicted octanol–water partition coefficient (Wildman–Crippen LogP) is 2.26. The summed E-state index contributed by atoms with van der Waals surface area (Å²) in [5.74, 6) is -0.0410. The van der Waals surface area contributed by atoms with Gasteiger partial charge in [0.1, 0.15) is 11.5 Å². The van der Waals surface area contributed by atoms with Crippen molar-refractivity contribution in [3.05, 3.63) is 57.8 Å². The summed E-state index contributed by atoms with van der Waals surface area (Å²) in [5.41, 5.74) is 1.28. The zero-order valence-electron chi connectivity index (χ0n) is 15.2. The second kappa shape index (κ2) is 8.72. The van der Waals surface area contributed by atoms with E-state index in [2.05, 4.69) is 15.6 Å². The number of carbonyl (C=O) groups excluding carboxylic acids is 1.